The molecule has 0 saturated carbocycles. The molecule has 0 aliphatic heterocycles. The van der Waals surface area contributed by atoms with E-state index in [1.165, 1.54) is 57.8 Å². The molecule has 202 valence electrons. The lowest BCUT2D eigenvalue weighted by atomic mass is 9.76. The molecule has 0 heterocycles. The van der Waals surface area contributed by atoms with Crippen LogP contribution in [-0.4, -0.2) is 39.2 Å². The van der Waals surface area contributed by atoms with Gasteiger partial charge in [0.15, 0.2) is 0 Å². The first-order valence-electron chi connectivity index (χ1n) is 13.5. The Kier molecular flexibility index (Phi) is 19.2. The summed E-state index contributed by atoms with van der Waals surface area (Å²) in [6.07, 6.45) is 20.3. The molecule has 0 aliphatic rings. The molecule has 5 nitrogen and oxygen atoms in total. The highest BCUT2D eigenvalue weighted by Gasteiger charge is 2.45. The molecule has 0 rings (SSSR count). The molecule has 5 heteroatoms. The van der Waals surface area contributed by atoms with Crippen molar-refractivity contribution in [2.45, 2.75) is 111 Å². The van der Waals surface area contributed by atoms with Gasteiger partial charge in [0.25, 0.3) is 0 Å². The molecular formula is C30H52O5. The Morgan fingerprint density at radius 1 is 0.971 bits per heavy atom. The average Bonchev–Trinajstić information content (AvgIpc) is 2.87. The summed E-state index contributed by atoms with van der Waals surface area (Å²) in [5, 5.41) is 0. The highest BCUT2D eigenvalue weighted by molar-refractivity contribution is 5.90. The summed E-state index contributed by atoms with van der Waals surface area (Å²) in [6.45, 7) is 11.9. The third-order valence-corrected chi connectivity index (χ3v) is 6.82. The minimum Gasteiger partial charge on any atom is -0.497 e. The van der Waals surface area contributed by atoms with Crippen LogP contribution >= 0.6 is 0 Å². The first-order chi connectivity index (χ1) is 16.8. The Labute approximate surface area is 215 Å². The van der Waals surface area contributed by atoms with Gasteiger partial charge in [0.2, 0.25) is 0 Å². The van der Waals surface area contributed by atoms with Crippen LogP contribution in [0.1, 0.15) is 105 Å². The van der Waals surface area contributed by atoms with Gasteiger partial charge in [0, 0.05) is 18.6 Å². The maximum Gasteiger partial charge on any atom is 0.319 e. The Hall–Kier alpha value is -1.88. The molecule has 0 aliphatic carbocycles. The second-order valence-corrected chi connectivity index (χ2v) is 9.72. The van der Waals surface area contributed by atoms with Crippen LogP contribution in [0, 0.1) is 11.3 Å². The smallest absolute Gasteiger partial charge is 0.319 e. The van der Waals surface area contributed by atoms with Crippen LogP contribution in [-0.2, 0) is 23.8 Å². The molecule has 0 bridgehead atoms. The van der Waals surface area contributed by atoms with Crippen LogP contribution in [0.4, 0.5) is 0 Å². The second kappa shape index (κ2) is 20.3. The quantitative estimate of drug-likeness (QED) is 0.0386. The number of unbranched alkanes of at least 4 members (excludes halogenated alkanes) is 10. The Morgan fingerprint density at radius 2 is 1.51 bits per heavy atom. The van der Waals surface area contributed by atoms with E-state index in [-0.39, 0.29) is 18.1 Å². The number of rotatable bonds is 22. The minimum absolute atomic E-state index is 0.00886. The number of methoxy groups -OCH3 is 2. The number of carbonyl (C=O) groups is 2. The number of aldehydes is 1. The van der Waals surface area contributed by atoms with E-state index >= 15 is 0 Å². The maximum atomic E-state index is 13.1. The van der Waals surface area contributed by atoms with Crippen molar-refractivity contribution in [3.05, 3.63) is 36.1 Å². The minimum atomic E-state index is -1.21. The van der Waals surface area contributed by atoms with Crippen molar-refractivity contribution in [2.24, 2.45) is 11.3 Å². The van der Waals surface area contributed by atoms with Crippen molar-refractivity contribution in [3.63, 3.8) is 0 Å². The van der Waals surface area contributed by atoms with E-state index in [1.807, 2.05) is 32.1 Å². The van der Waals surface area contributed by atoms with Gasteiger partial charge in [-0.2, -0.15) is 0 Å². The fourth-order valence-corrected chi connectivity index (χ4v) is 4.18. The van der Waals surface area contributed by atoms with E-state index in [0.29, 0.717) is 12.7 Å². The third kappa shape index (κ3) is 13.1. The van der Waals surface area contributed by atoms with Gasteiger partial charge in [-0.3, -0.25) is 9.59 Å². The van der Waals surface area contributed by atoms with Crippen molar-refractivity contribution in [1.82, 2.24) is 0 Å². The number of hydrogen-bond donors (Lipinski definition) is 0. The van der Waals surface area contributed by atoms with Crippen molar-refractivity contribution >= 4 is 12.3 Å². The first-order valence-corrected chi connectivity index (χ1v) is 13.5. The van der Waals surface area contributed by atoms with E-state index in [9.17, 15) is 9.59 Å². The van der Waals surface area contributed by atoms with Crippen LogP contribution < -0.4 is 0 Å². The molecule has 3 atom stereocenters. The number of esters is 1. The zero-order valence-electron chi connectivity index (χ0n) is 23.4. The number of allylic oxidation sites excluding steroid dienone is 2. The molecule has 0 N–H and O–H groups in total. The summed E-state index contributed by atoms with van der Waals surface area (Å²) >= 11 is 0. The van der Waals surface area contributed by atoms with E-state index in [0.717, 1.165) is 18.6 Å². The van der Waals surface area contributed by atoms with E-state index < -0.39 is 17.5 Å². The largest absolute Gasteiger partial charge is 0.497 e. The van der Waals surface area contributed by atoms with E-state index in [1.54, 1.807) is 21.1 Å². The summed E-state index contributed by atoms with van der Waals surface area (Å²) in [5.41, 5.74) is -1.02. The second-order valence-electron chi connectivity index (χ2n) is 9.72. The average molecular weight is 493 g/mol. The molecule has 0 fully saturated rings. The summed E-state index contributed by atoms with van der Waals surface area (Å²) in [4.78, 5) is 24.8. The van der Waals surface area contributed by atoms with Gasteiger partial charge in [0.1, 0.15) is 17.5 Å². The summed E-state index contributed by atoms with van der Waals surface area (Å²) in [5.74, 6) is 0.266. The first kappa shape index (κ1) is 33.1. The van der Waals surface area contributed by atoms with Gasteiger partial charge in [-0.15, -0.1) is 0 Å². The van der Waals surface area contributed by atoms with Gasteiger partial charge in [-0.1, -0.05) is 97.1 Å². The van der Waals surface area contributed by atoms with Crippen LogP contribution in [0.25, 0.3) is 0 Å². The van der Waals surface area contributed by atoms with Crippen molar-refractivity contribution in [3.8, 4) is 0 Å². The lowest BCUT2D eigenvalue weighted by Crippen LogP contribution is -2.44. The molecule has 0 amide bonds. The Morgan fingerprint density at radius 3 is 1.97 bits per heavy atom. The predicted molar refractivity (Wildman–Crippen MR) is 145 cm³/mol. The van der Waals surface area contributed by atoms with Gasteiger partial charge in [0.05, 0.1) is 19.8 Å². The Bertz CT molecular complexity index is 651. The monoisotopic (exact) mass is 492 g/mol. The topological polar surface area (TPSA) is 61.8 Å². The molecule has 0 aromatic heterocycles. The molecule has 0 aromatic carbocycles. The van der Waals surface area contributed by atoms with Crippen molar-refractivity contribution in [2.75, 3.05) is 20.8 Å². The normalized spacial score (nSPS) is 15.4. The lowest BCUT2D eigenvalue weighted by Gasteiger charge is -2.34. The van der Waals surface area contributed by atoms with Crippen molar-refractivity contribution in [1.29, 1.82) is 0 Å². The lowest BCUT2D eigenvalue weighted by molar-refractivity contribution is -0.161. The van der Waals surface area contributed by atoms with Gasteiger partial charge >= 0.3 is 5.97 Å². The van der Waals surface area contributed by atoms with Crippen LogP contribution in [0.3, 0.4) is 0 Å². The zero-order valence-corrected chi connectivity index (χ0v) is 23.4. The summed E-state index contributed by atoms with van der Waals surface area (Å²) in [6, 6.07) is 0. The number of hydrogen-bond acceptors (Lipinski definition) is 5. The van der Waals surface area contributed by atoms with Gasteiger partial charge < -0.3 is 14.2 Å². The molecule has 2 unspecified atom stereocenters. The zero-order chi connectivity index (χ0) is 26.5. The van der Waals surface area contributed by atoms with E-state index in [4.69, 9.17) is 14.2 Å². The molecule has 35 heavy (non-hydrogen) atoms. The summed E-state index contributed by atoms with van der Waals surface area (Å²) in [7, 11) is 3.20. The predicted octanol–water partition coefficient (Wildman–Crippen LogP) is 7.75. The number of ether oxygens (including phenoxy) is 3. The highest BCUT2D eigenvalue weighted by atomic mass is 16.5. The van der Waals surface area contributed by atoms with Crippen LogP contribution in [0.15, 0.2) is 36.1 Å². The van der Waals surface area contributed by atoms with Gasteiger partial charge in [-0.05, 0) is 32.4 Å². The highest BCUT2D eigenvalue weighted by Crippen LogP contribution is 2.35. The molecule has 0 radical (unpaired) electrons. The molecule has 0 spiro atoms. The molecular weight excluding hydrogens is 440 g/mol. The summed E-state index contributed by atoms with van der Waals surface area (Å²) < 4.78 is 16.6. The third-order valence-electron chi connectivity index (χ3n) is 6.82. The Balaban J connectivity index is 4.69. The maximum absolute atomic E-state index is 13.1. The van der Waals surface area contributed by atoms with Gasteiger partial charge in [-0.25, -0.2) is 0 Å². The fourth-order valence-electron chi connectivity index (χ4n) is 4.18. The van der Waals surface area contributed by atoms with Crippen molar-refractivity contribution < 1.29 is 23.8 Å². The fraction of sp³-hybridized carbons (Fsp3) is 0.733. The number of carbonyl (C=O) groups excluding carboxylic acids is 2. The standard InChI is InChI=1S/C30H52O5/c1-8-10-11-12-13-14-15-16-17-18-19-20-28(34-7)30(5,26(4)23-31)29(32)35-24-25(3)21-22-27(9-2)33-6/h9,21-23,25,28H,4,8,10-20,24H2,1-3,5-7H3/b22-21-,27-9+/t25?,28?,30-/m0/s1. The van der Waals surface area contributed by atoms with E-state index in [2.05, 4.69) is 13.5 Å². The molecule has 0 saturated heterocycles. The van der Waals surface area contributed by atoms with Crippen LogP contribution in [0.5, 0.6) is 0 Å². The molecule has 0 aromatic rings. The van der Waals surface area contributed by atoms with Crippen LogP contribution in [0.2, 0.25) is 0 Å². The SMILES string of the molecule is C=C(C=O)[C@](C)(C(=O)OCC(C)/C=C\C(=C/C)OC)C(CCCCCCCCCCCCC)OC.